The molecule has 2 unspecified atom stereocenters. The van der Waals surface area contributed by atoms with Crippen molar-refractivity contribution in [2.75, 3.05) is 37.0 Å². The Morgan fingerprint density at radius 1 is 1.19 bits per heavy atom. The highest BCUT2D eigenvalue weighted by Crippen LogP contribution is 2.32. The molecule has 1 aromatic rings. The van der Waals surface area contributed by atoms with Gasteiger partial charge >= 0.3 is 6.03 Å². The first-order chi connectivity index (χ1) is 12.7. The van der Waals surface area contributed by atoms with Crippen LogP contribution in [0.25, 0.3) is 0 Å². The lowest BCUT2D eigenvalue weighted by atomic mass is 10.0. The van der Waals surface area contributed by atoms with Crippen LogP contribution in [0.5, 0.6) is 0 Å². The monoisotopic (exact) mass is 414 g/mol. The number of urea groups is 1. The van der Waals surface area contributed by atoms with Gasteiger partial charge in [-0.25, -0.2) is 21.6 Å². The first-order valence-electron chi connectivity index (χ1n) is 8.85. The molecule has 0 aromatic heterocycles. The molecular formula is C17H22N2O6S2. The first-order valence-corrected chi connectivity index (χ1v) is 12.5. The minimum absolute atomic E-state index is 0.0198. The van der Waals surface area contributed by atoms with Gasteiger partial charge in [0.25, 0.3) is 0 Å². The number of carbonyl (C=O) groups excluding carboxylic acids is 1. The third-order valence-electron chi connectivity index (χ3n) is 5.41. The summed E-state index contributed by atoms with van der Waals surface area (Å²) in [7, 11) is -6.45. The Morgan fingerprint density at radius 2 is 1.96 bits per heavy atom. The lowest BCUT2D eigenvalue weighted by Crippen LogP contribution is -2.57. The summed E-state index contributed by atoms with van der Waals surface area (Å²) in [5.41, 5.74) is 0.673. The van der Waals surface area contributed by atoms with Gasteiger partial charge in [-0.1, -0.05) is 24.3 Å². The van der Waals surface area contributed by atoms with Crippen LogP contribution in [0.2, 0.25) is 0 Å². The zero-order valence-electron chi connectivity index (χ0n) is 14.8. The van der Waals surface area contributed by atoms with Gasteiger partial charge in [-0.2, -0.15) is 0 Å². The molecule has 3 heterocycles. The fourth-order valence-electron chi connectivity index (χ4n) is 4.15. The van der Waals surface area contributed by atoms with Gasteiger partial charge in [0.1, 0.15) is 5.60 Å². The normalized spacial score (nSPS) is 31.4. The predicted molar refractivity (Wildman–Crippen MR) is 98.7 cm³/mol. The molecule has 1 N–H and O–H groups in total. The average molecular weight is 415 g/mol. The van der Waals surface area contributed by atoms with E-state index in [0.717, 1.165) is 5.56 Å². The fourth-order valence-corrected chi connectivity index (χ4v) is 7.72. The second kappa shape index (κ2) is 6.46. The number of carbonyl (C=O) groups is 1. The van der Waals surface area contributed by atoms with E-state index in [1.807, 2.05) is 12.1 Å². The maximum absolute atomic E-state index is 12.8. The maximum Gasteiger partial charge on any atom is 0.318 e. The summed E-state index contributed by atoms with van der Waals surface area (Å²) < 4.78 is 53.8. The quantitative estimate of drug-likeness (QED) is 0.706. The summed E-state index contributed by atoms with van der Waals surface area (Å²) in [4.78, 5) is 14.3. The Hall–Kier alpha value is -1.65. The molecule has 2 amide bonds. The standard InChI is InChI=1S/C17H22N2O6S2/c20-16(19-6-7-25-17(11-19)5-8-26(21,22)12-17)18-15-10-27(23,24)9-13-3-1-2-4-14(13)15/h1-4,15H,5-12H2,(H,18,20). The third-order valence-corrected chi connectivity index (χ3v) is 8.80. The van der Waals surface area contributed by atoms with E-state index in [9.17, 15) is 21.6 Å². The van der Waals surface area contributed by atoms with Crippen molar-refractivity contribution in [3.05, 3.63) is 35.4 Å². The van der Waals surface area contributed by atoms with E-state index in [2.05, 4.69) is 5.32 Å². The van der Waals surface area contributed by atoms with Crippen LogP contribution in [-0.4, -0.2) is 70.3 Å². The van der Waals surface area contributed by atoms with Crippen LogP contribution in [0, 0.1) is 0 Å². The molecule has 10 heteroatoms. The minimum atomic E-state index is -3.30. The summed E-state index contributed by atoms with van der Waals surface area (Å²) in [5, 5.41) is 2.83. The van der Waals surface area contributed by atoms with Crippen LogP contribution in [0.1, 0.15) is 23.6 Å². The Labute approximate surface area is 158 Å². The minimum Gasteiger partial charge on any atom is -0.370 e. The SMILES string of the molecule is O=C(NC1CS(=O)(=O)Cc2ccccc21)N1CCOC2(CCS(=O)(=O)C2)C1. The van der Waals surface area contributed by atoms with Crippen LogP contribution < -0.4 is 5.32 Å². The number of morpholine rings is 1. The summed E-state index contributed by atoms with van der Waals surface area (Å²) in [6.07, 6.45) is 0.375. The topological polar surface area (TPSA) is 110 Å². The van der Waals surface area contributed by atoms with Crippen molar-refractivity contribution >= 4 is 25.7 Å². The molecule has 2 saturated heterocycles. The number of rotatable bonds is 1. The number of ether oxygens (including phenoxy) is 1. The Balaban J connectivity index is 1.51. The Morgan fingerprint density at radius 3 is 2.70 bits per heavy atom. The third kappa shape index (κ3) is 3.83. The molecule has 0 bridgehead atoms. The van der Waals surface area contributed by atoms with Crippen LogP contribution >= 0.6 is 0 Å². The summed E-state index contributed by atoms with van der Waals surface area (Å²) in [5.74, 6) is -0.172. The van der Waals surface area contributed by atoms with Gasteiger partial charge in [0, 0.05) is 6.54 Å². The number of nitrogens with one attached hydrogen (secondary N) is 1. The van der Waals surface area contributed by atoms with Crippen molar-refractivity contribution in [2.24, 2.45) is 0 Å². The van der Waals surface area contributed by atoms with Gasteiger partial charge in [-0.05, 0) is 17.5 Å². The average Bonchev–Trinajstić information content (AvgIpc) is 2.88. The zero-order valence-corrected chi connectivity index (χ0v) is 16.4. The molecule has 148 valence electrons. The predicted octanol–water partition coefficient (Wildman–Crippen LogP) is 0.255. The maximum atomic E-state index is 12.8. The first kappa shape index (κ1) is 18.7. The number of sulfone groups is 2. The summed E-state index contributed by atoms with van der Waals surface area (Å²) >= 11 is 0. The highest BCUT2D eigenvalue weighted by atomic mass is 32.2. The van der Waals surface area contributed by atoms with Crippen LogP contribution in [0.3, 0.4) is 0 Å². The van der Waals surface area contributed by atoms with E-state index < -0.39 is 31.3 Å². The summed E-state index contributed by atoms with van der Waals surface area (Å²) in [6.45, 7) is 0.802. The Kier molecular flexibility index (Phi) is 4.47. The molecule has 4 rings (SSSR count). The second-order valence-electron chi connectivity index (χ2n) is 7.55. The van der Waals surface area contributed by atoms with Crippen molar-refractivity contribution in [1.29, 1.82) is 0 Å². The number of fused-ring (bicyclic) bond motifs is 1. The second-order valence-corrected chi connectivity index (χ2v) is 11.8. The van der Waals surface area contributed by atoms with Gasteiger partial charge in [0.2, 0.25) is 0 Å². The van der Waals surface area contributed by atoms with Crippen molar-refractivity contribution < 1.29 is 26.4 Å². The van der Waals surface area contributed by atoms with Crippen LogP contribution in [-0.2, 0) is 30.2 Å². The molecule has 27 heavy (non-hydrogen) atoms. The van der Waals surface area contributed by atoms with Crippen LogP contribution in [0.15, 0.2) is 24.3 Å². The molecule has 1 spiro atoms. The highest BCUT2D eigenvalue weighted by Gasteiger charge is 2.47. The molecule has 8 nitrogen and oxygen atoms in total. The number of nitrogens with zero attached hydrogens (tertiary/aromatic N) is 1. The number of hydrogen-bond donors (Lipinski definition) is 1. The van der Waals surface area contributed by atoms with Crippen LogP contribution in [0.4, 0.5) is 4.79 Å². The molecule has 0 saturated carbocycles. The van der Waals surface area contributed by atoms with Crippen molar-refractivity contribution in [2.45, 2.75) is 23.8 Å². The molecule has 2 fully saturated rings. The van der Waals surface area contributed by atoms with Crippen molar-refractivity contribution in [1.82, 2.24) is 10.2 Å². The highest BCUT2D eigenvalue weighted by molar-refractivity contribution is 7.91. The number of benzene rings is 1. The summed E-state index contributed by atoms with van der Waals surface area (Å²) in [6, 6.07) is 6.20. The van der Waals surface area contributed by atoms with Gasteiger partial charge < -0.3 is 15.0 Å². The largest absolute Gasteiger partial charge is 0.370 e. The van der Waals surface area contributed by atoms with Gasteiger partial charge in [-0.15, -0.1) is 0 Å². The van der Waals surface area contributed by atoms with E-state index in [1.54, 1.807) is 12.1 Å². The van der Waals surface area contributed by atoms with Gasteiger partial charge in [-0.3, -0.25) is 0 Å². The molecular weight excluding hydrogens is 392 g/mol. The van der Waals surface area contributed by atoms with Crippen molar-refractivity contribution in [3.63, 3.8) is 0 Å². The van der Waals surface area contributed by atoms with E-state index in [0.29, 0.717) is 18.5 Å². The van der Waals surface area contributed by atoms with E-state index in [-0.39, 0.29) is 42.2 Å². The molecule has 0 aliphatic carbocycles. The van der Waals surface area contributed by atoms with Gasteiger partial charge in [0.15, 0.2) is 19.7 Å². The lowest BCUT2D eigenvalue weighted by Gasteiger charge is -2.40. The van der Waals surface area contributed by atoms with Crippen molar-refractivity contribution in [3.8, 4) is 0 Å². The number of hydrogen-bond acceptors (Lipinski definition) is 6. The smallest absolute Gasteiger partial charge is 0.318 e. The molecule has 3 aliphatic heterocycles. The lowest BCUT2D eigenvalue weighted by molar-refractivity contribution is -0.0804. The molecule has 2 atom stereocenters. The van der Waals surface area contributed by atoms with E-state index in [4.69, 9.17) is 4.74 Å². The molecule has 1 aromatic carbocycles. The fraction of sp³-hybridized carbons (Fsp3) is 0.588. The van der Waals surface area contributed by atoms with E-state index in [1.165, 1.54) is 4.90 Å². The number of amides is 2. The zero-order chi connectivity index (χ0) is 19.3. The Bertz CT molecular complexity index is 975. The van der Waals surface area contributed by atoms with Gasteiger partial charge in [0.05, 0.1) is 42.2 Å². The van der Waals surface area contributed by atoms with E-state index >= 15 is 0 Å². The molecule has 0 radical (unpaired) electrons. The molecule has 3 aliphatic rings.